The van der Waals surface area contributed by atoms with E-state index in [1.807, 2.05) is 0 Å². The third-order valence-electron chi connectivity index (χ3n) is 1.36. The highest BCUT2D eigenvalue weighted by Gasteiger charge is 1.91. The van der Waals surface area contributed by atoms with Gasteiger partial charge in [-0.1, -0.05) is 12.1 Å². The summed E-state index contributed by atoms with van der Waals surface area (Å²) in [5, 5.41) is 8.99. The third-order valence-corrected chi connectivity index (χ3v) is 1.36. The lowest BCUT2D eigenvalue weighted by atomic mass is 10.1. The molecule has 0 fully saturated rings. The third kappa shape index (κ3) is 2.60. The van der Waals surface area contributed by atoms with E-state index in [2.05, 4.69) is 4.74 Å². The molecule has 0 aliphatic rings. The van der Waals surface area contributed by atoms with E-state index in [9.17, 15) is 0 Å². The summed E-state index contributed by atoms with van der Waals surface area (Å²) in [7, 11) is 1.33. The number of aryl methyl sites for hydroxylation is 1. The van der Waals surface area contributed by atoms with Crippen molar-refractivity contribution in [3.8, 4) is 5.75 Å². The molecule has 60 valence electrons. The Kier molecular flexibility index (Phi) is 2.03. The van der Waals surface area contributed by atoms with Crippen LogP contribution in [0.2, 0.25) is 0 Å². The van der Waals surface area contributed by atoms with Gasteiger partial charge >= 0.3 is 0 Å². The second-order valence-electron chi connectivity index (χ2n) is 2.19. The normalized spacial score (nSPS) is 13.9. The molecule has 0 radical (unpaired) electrons. The van der Waals surface area contributed by atoms with Crippen LogP contribution in [0.25, 0.3) is 0 Å². The maximum absolute atomic E-state index is 8.99. The van der Waals surface area contributed by atoms with Crippen molar-refractivity contribution in [3.63, 3.8) is 0 Å². The molecule has 1 rings (SSSR count). The van der Waals surface area contributed by atoms with Crippen molar-refractivity contribution in [2.75, 3.05) is 13.7 Å². The number of aromatic hydroxyl groups is 1. The van der Waals surface area contributed by atoms with Gasteiger partial charge in [-0.25, -0.2) is 0 Å². The minimum absolute atomic E-state index is 0.182. The molecule has 0 atom stereocenters. The standard InChI is InChI=1S/C9H12O2/c1-11-7-6-8-2-4-9(10)5-3-8/h2-5,10H,6-7H2,1H3/i7D2. The second-order valence-corrected chi connectivity index (χ2v) is 2.19. The van der Waals surface area contributed by atoms with Gasteiger partial charge < -0.3 is 9.84 Å². The van der Waals surface area contributed by atoms with Gasteiger partial charge in [0.15, 0.2) is 0 Å². The molecule has 0 aromatic heterocycles. The number of benzene rings is 1. The molecule has 1 N–H and O–H groups in total. The predicted octanol–water partition coefficient (Wildman–Crippen LogP) is 1.58. The molecule has 0 saturated carbocycles. The molecule has 0 aliphatic heterocycles. The van der Waals surface area contributed by atoms with Crippen LogP contribution in [0, 0.1) is 0 Å². The monoisotopic (exact) mass is 154 g/mol. The summed E-state index contributed by atoms with van der Waals surface area (Å²) in [5.74, 6) is 0.182. The molecule has 0 amide bonds. The van der Waals surface area contributed by atoms with Crippen molar-refractivity contribution in [3.05, 3.63) is 29.8 Å². The smallest absolute Gasteiger partial charge is 0.115 e. The van der Waals surface area contributed by atoms with Crippen LogP contribution in [0.3, 0.4) is 0 Å². The van der Waals surface area contributed by atoms with E-state index in [4.69, 9.17) is 7.85 Å². The van der Waals surface area contributed by atoms with Crippen LogP contribution in [0.1, 0.15) is 8.30 Å². The first-order valence-corrected chi connectivity index (χ1v) is 3.36. The Morgan fingerprint density at radius 1 is 1.45 bits per heavy atom. The average Bonchev–Trinajstić information content (AvgIpc) is 2.09. The van der Waals surface area contributed by atoms with E-state index in [-0.39, 0.29) is 12.2 Å². The zero-order valence-corrected chi connectivity index (χ0v) is 6.37. The summed E-state index contributed by atoms with van der Waals surface area (Å²) in [6.07, 6.45) is 0.184. The minimum atomic E-state index is -1.64. The number of rotatable bonds is 3. The van der Waals surface area contributed by atoms with Gasteiger partial charge in [-0.3, -0.25) is 0 Å². The van der Waals surface area contributed by atoms with E-state index >= 15 is 0 Å². The van der Waals surface area contributed by atoms with Gasteiger partial charge in [0, 0.05) is 7.11 Å². The first-order chi connectivity index (χ1) is 6.03. The van der Waals surface area contributed by atoms with Crippen LogP contribution in [-0.4, -0.2) is 18.8 Å². The van der Waals surface area contributed by atoms with Crippen LogP contribution < -0.4 is 0 Å². The Hall–Kier alpha value is -1.02. The maximum atomic E-state index is 8.99. The van der Waals surface area contributed by atoms with Crippen molar-refractivity contribution >= 4 is 0 Å². The maximum Gasteiger partial charge on any atom is 0.115 e. The molecule has 0 spiro atoms. The molecule has 0 aliphatic carbocycles. The summed E-state index contributed by atoms with van der Waals surface area (Å²) in [4.78, 5) is 0. The number of phenols is 1. The fourth-order valence-electron chi connectivity index (χ4n) is 0.769. The topological polar surface area (TPSA) is 29.5 Å². The van der Waals surface area contributed by atoms with Gasteiger partial charge in [0.25, 0.3) is 0 Å². The molecule has 0 bridgehead atoms. The minimum Gasteiger partial charge on any atom is -0.508 e. The Balaban J connectivity index is 2.69. The van der Waals surface area contributed by atoms with E-state index in [1.54, 1.807) is 12.1 Å². The number of hydrogen-bond donors (Lipinski definition) is 1. The van der Waals surface area contributed by atoms with Crippen molar-refractivity contribution < 1.29 is 12.6 Å². The van der Waals surface area contributed by atoms with Gasteiger partial charge in [0.2, 0.25) is 0 Å². The second kappa shape index (κ2) is 3.98. The lowest BCUT2D eigenvalue weighted by Gasteiger charge is -1.99. The predicted molar refractivity (Wildman–Crippen MR) is 43.7 cm³/mol. The number of phenolic OH excluding ortho intramolecular Hbond substituents is 1. The quantitative estimate of drug-likeness (QED) is 0.716. The van der Waals surface area contributed by atoms with Gasteiger partial charge in [0.1, 0.15) is 5.75 Å². The molecular formula is C9H12O2. The summed E-state index contributed by atoms with van der Waals surface area (Å²) in [6.45, 7) is -1.64. The number of methoxy groups -OCH3 is 1. The molecular weight excluding hydrogens is 140 g/mol. The van der Waals surface area contributed by atoms with Crippen LogP contribution in [0.5, 0.6) is 5.75 Å². The highest BCUT2D eigenvalue weighted by Crippen LogP contribution is 2.09. The first kappa shape index (κ1) is 5.61. The SMILES string of the molecule is [2H]C([2H])(Cc1ccc(O)cc1)OC. The summed E-state index contributed by atoms with van der Waals surface area (Å²) in [6, 6.07) is 6.40. The average molecular weight is 154 g/mol. The van der Waals surface area contributed by atoms with Crippen molar-refractivity contribution in [2.45, 2.75) is 6.42 Å². The molecule has 0 unspecified atom stereocenters. The molecule has 0 saturated heterocycles. The molecule has 1 aromatic rings. The zero-order chi connectivity index (χ0) is 9.90. The molecule has 1 aromatic carbocycles. The van der Waals surface area contributed by atoms with Gasteiger partial charge in [-0.15, -0.1) is 0 Å². The Morgan fingerprint density at radius 2 is 2.09 bits per heavy atom. The van der Waals surface area contributed by atoms with Gasteiger partial charge in [-0.2, -0.15) is 0 Å². The molecule has 11 heavy (non-hydrogen) atoms. The Morgan fingerprint density at radius 3 is 2.64 bits per heavy atom. The van der Waals surface area contributed by atoms with Crippen LogP contribution in [-0.2, 0) is 11.2 Å². The fourth-order valence-corrected chi connectivity index (χ4v) is 0.769. The van der Waals surface area contributed by atoms with E-state index in [0.717, 1.165) is 5.56 Å². The largest absolute Gasteiger partial charge is 0.508 e. The summed E-state index contributed by atoms with van der Waals surface area (Å²) >= 11 is 0. The van der Waals surface area contributed by atoms with Crippen molar-refractivity contribution in [1.29, 1.82) is 0 Å². The van der Waals surface area contributed by atoms with E-state index < -0.39 is 6.56 Å². The molecule has 2 heteroatoms. The molecule has 2 nitrogen and oxygen atoms in total. The van der Waals surface area contributed by atoms with Crippen LogP contribution in [0.4, 0.5) is 0 Å². The van der Waals surface area contributed by atoms with Crippen molar-refractivity contribution in [1.82, 2.24) is 0 Å². The van der Waals surface area contributed by atoms with E-state index in [0.29, 0.717) is 0 Å². The van der Waals surface area contributed by atoms with Crippen LogP contribution in [0.15, 0.2) is 24.3 Å². The van der Waals surface area contributed by atoms with Crippen LogP contribution >= 0.6 is 0 Å². The number of ether oxygens (including phenoxy) is 1. The summed E-state index contributed by atoms with van der Waals surface area (Å²) < 4.78 is 19.3. The fraction of sp³-hybridized carbons (Fsp3) is 0.333. The Labute approximate surface area is 69.2 Å². The van der Waals surface area contributed by atoms with Gasteiger partial charge in [0.05, 0.1) is 9.30 Å². The lowest BCUT2D eigenvalue weighted by Crippen LogP contribution is -1.93. The number of hydrogen-bond acceptors (Lipinski definition) is 2. The zero-order valence-electron chi connectivity index (χ0n) is 8.37. The first-order valence-electron chi connectivity index (χ1n) is 4.36. The highest BCUT2D eigenvalue weighted by molar-refractivity contribution is 5.25. The van der Waals surface area contributed by atoms with Crippen molar-refractivity contribution in [2.24, 2.45) is 0 Å². The van der Waals surface area contributed by atoms with Gasteiger partial charge in [-0.05, 0) is 24.1 Å². The summed E-state index contributed by atoms with van der Waals surface area (Å²) in [5.41, 5.74) is 0.796. The molecule has 0 heterocycles. The Bertz CT molecular complexity index is 269. The lowest BCUT2D eigenvalue weighted by molar-refractivity contribution is 0.202. The van der Waals surface area contributed by atoms with E-state index in [1.165, 1.54) is 19.2 Å². The highest BCUT2D eigenvalue weighted by atomic mass is 16.5.